The summed E-state index contributed by atoms with van der Waals surface area (Å²) >= 11 is 0. The van der Waals surface area contributed by atoms with Crippen molar-refractivity contribution in [2.24, 2.45) is 0 Å². The van der Waals surface area contributed by atoms with E-state index in [4.69, 9.17) is 0 Å². The fourth-order valence-electron chi connectivity index (χ4n) is 2.97. The second-order valence-electron chi connectivity index (χ2n) is 6.23. The molecule has 1 amide bonds. The SMILES string of the molecule is CCN1CCN(S(=O)(=O)c2cccc(NC(=O)c3cccc[n+]3[O-])c2)CC1. The number of piperazine rings is 1. The molecule has 2 heterocycles. The Bertz CT molecular complexity index is 924. The van der Waals surface area contributed by atoms with E-state index in [1.165, 1.54) is 34.8 Å². The van der Waals surface area contributed by atoms with Gasteiger partial charge in [-0.25, -0.2) is 8.42 Å². The highest BCUT2D eigenvalue weighted by Crippen LogP contribution is 2.21. The summed E-state index contributed by atoms with van der Waals surface area (Å²) in [5.74, 6) is -0.600. The molecule has 1 aromatic carbocycles. The second-order valence-corrected chi connectivity index (χ2v) is 8.17. The number of pyridine rings is 1. The molecular weight excluding hydrogens is 368 g/mol. The van der Waals surface area contributed by atoms with E-state index in [0.717, 1.165) is 6.54 Å². The maximum Gasteiger partial charge on any atom is 0.321 e. The van der Waals surface area contributed by atoms with E-state index in [9.17, 15) is 18.4 Å². The molecule has 1 aliphatic rings. The standard InChI is InChI=1S/C18H22N4O4S/c1-2-20-10-12-21(13-11-20)27(25,26)16-7-5-6-15(14-16)19-18(23)17-8-3-4-9-22(17)24/h3-9,14H,2,10-13H2,1H3,(H,19,23). The number of hydrogen-bond acceptors (Lipinski definition) is 5. The first-order valence-electron chi connectivity index (χ1n) is 8.74. The highest BCUT2D eigenvalue weighted by atomic mass is 32.2. The zero-order valence-electron chi connectivity index (χ0n) is 15.0. The normalized spacial score (nSPS) is 16.2. The molecule has 144 valence electrons. The van der Waals surface area contributed by atoms with E-state index in [0.29, 0.717) is 36.6 Å². The third-order valence-electron chi connectivity index (χ3n) is 4.56. The van der Waals surface area contributed by atoms with Crippen molar-refractivity contribution in [1.29, 1.82) is 0 Å². The van der Waals surface area contributed by atoms with Crippen molar-refractivity contribution in [2.75, 3.05) is 38.0 Å². The number of benzene rings is 1. The number of carbonyl (C=O) groups excluding carboxylic acids is 1. The van der Waals surface area contributed by atoms with Crippen molar-refractivity contribution < 1.29 is 17.9 Å². The quantitative estimate of drug-likeness (QED) is 0.604. The van der Waals surface area contributed by atoms with Crippen LogP contribution in [0.5, 0.6) is 0 Å². The van der Waals surface area contributed by atoms with Crippen molar-refractivity contribution in [2.45, 2.75) is 11.8 Å². The number of nitrogens with zero attached hydrogens (tertiary/aromatic N) is 3. The minimum absolute atomic E-state index is 0.0681. The van der Waals surface area contributed by atoms with Crippen molar-refractivity contribution in [3.05, 3.63) is 59.6 Å². The van der Waals surface area contributed by atoms with Gasteiger partial charge < -0.3 is 15.4 Å². The number of anilines is 1. The van der Waals surface area contributed by atoms with Gasteiger partial charge in [0.05, 0.1) is 4.90 Å². The van der Waals surface area contributed by atoms with Crippen LogP contribution >= 0.6 is 0 Å². The summed E-state index contributed by atoms with van der Waals surface area (Å²) < 4.78 is 27.7. The summed E-state index contributed by atoms with van der Waals surface area (Å²) in [7, 11) is -3.64. The van der Waals surface area contributed by atoms with Gasteiger partial charge in [-0.3, -0.25) is 4.79 Å². The molecule has 1 aliphatic heterocycles. The van der Waals surface area contributed by atoms with Crippen LogP contribution in [0.4, 0.5) is 5.69 Å². The Hall–Kier alpha value is -2.49. The van der Waals surface area contributed by atoms with Crippen LogP contribution in [0, 0.1) is 5.21 Å². The van der Waals surface area contributed by atoms with Gasteiger partial charge in [0.25, 0.3) is 5.69 Å². The minimum atomic E-state index is -3.64. The van der Waals surface area contributed by atoms with Crippen LogP contribution < -0.4 is 10.0 Å². The Morgan fingerprint density at radius 1 is 1.15 bits per heavy atom. The third-order valence-corrected chi connectivity index (χ3v) is 6.46. The molecule has 0 spiro atoms. The first-order chi connectivity index (χ1) is 12.9. The molecule has 1 fully saturated rings. The van der Waals surface area contributed by atoms with Crippen LogP contribution in [0.1, 0.15) is 17.4 Å². The Kier molecular flexibility index (Phi) is 5.73. The molecule has 0 unspecified atom stereocenters. The third kappa shape index (κ3) is 4.26. The number of carbonyl (C=O) groups is 1. The lowest BCUT2D eigenvalue weighted by Gasteiger charge is -2.33. The topological polar surface area (TPSA) is 96.7 Å². The summed E-state index contributed by atoms with van der Waals surface area (Å²) in [5, 5.41) is 14.3. The summed E-state index contributed by atoms with van der Waals surface area (Å²) in [6.45, 7) is 5.22. The van der Waals surface area contributed by atoms with Crippen molar-refractivity contribution >= 4 is 21.6 Å². The summed E-state index contributed by atoms with van der Waals surface area (Å²) in [6, 6.07) is 10.6. The number of nitrogens with one attached hydrogen (secondary N) is 1. The Labute approximate surface area is 158 Å². The van der Waals surface area contributed by atoms with E-state index in [1.807, 2.05) is 0 Å². The molecule has 2 aromatic rings. The maximum atomic E-state index is 12.9. The highest BCUT2D eigenvalue weighted by Gasteiger charge is 2.28. The van der Waals surface area contributed by atoms with E-state index in [2.05, 4.69) is 17.1 Å². The molecule has 0 aliphatic carbocycles. The van der Waals surface area contributed by atoms with Crippen LogP contribution in [0.2, 0.25) is 0 Å². The van der Waals surface area contributed by atoms with Gasteiger partial charge in [-0.05, 0) is 30.8 Å². The van der Waals surface area contributed by atoms with Gasteiger partial charge in [-0.15, -0.1) is 0 Å². The Morgan fingerprint density at radius 2 is 1.89 bits per heavy atom. The fourth-order valence-corrected chi connectivity index (χ4v) is 4.44. The van der Waals surface area contributed by atoms with Crippen molar-refractivity contribution in [3.63, 3.8) is 0 Å². The van der Waals surface area contributed by atoms with Crippen molar-refractivity contribution in [1.82, 2.24) is 9.21 Å². The molecular formula is C18H22N4O4S. The average molecular weight is 390 g/mol. The van der Waals surface area contributed by atoms with Gasteiger partial charge in [-0.1, -0.05) is 13.0 Å². The maximum absolute atomic E-state index is 12.9. The lowest BCUT2D eigenvalue weighted by atomic mass is 10.3. The zero-order chi connectivity index (χ0) is 19.4. The van der Waals surface area contributed by atoms with E-state index in [1.54, 1.807) is 18.2 Å². The first kappa shape index (κ1) is 19.3. The van der Waals surface area contributed by atoms with Gasteiger partial charge in [0.1, 0.15) is 0 Å². The van der Waals surface area contributed by atoms with Gasteiger partial charge in [0, 0.05) is 44.0 Å². The highest BCUT2D eigenvalue weighted by molar-refractivity contribution is 7.89. The second kappa shape index (κ2) is 8.03. The van der Waals surface area contributed by atoms with Crippen LogP contribution in [-0.4, -0.2) is 56.3 Å². The van der Waals surface area contributed by atoms with Gasteiger partial charge in [-0.2, -0.15) is 9.04 Å². The molecule has 3 rings (SSSR count). The first-order valence-corrected chi connectivity index (χ1v) is 10.2. The van der Waals surface area contributed by atoms with E-state index in [-0.39, 0.29) is 10.6 Å². The van der Waals surface area contributed by atoms with E-state index < -0.39 is 15.9 Å². The van der Waals surface area contributed by atoms with E-state index >= 15 is 0 Å². The Morgan fingerprint density at radius 3 is 2.56 bits per heavy atom. The number of hydrogen-bond donors (Lipinski definition) is 1. The summed E-state index contributed by atoms with van der Waals surface area (Å²) in [5.41, 5.74) is 0.249. The molecule has 9 heteroatoms. The summed E-state index contributed by atoms with van der Waals surface area (Å²) in [6.07, 6.45) is 1.23. The van der Waals surface area contributed by atoms with Crippen LogP contribution in [0.3, 0.4) is 0 Å². The lowest BCUT2D eigenvalue weighted by molar-refractivity contribution is -0.607. The fraction of sp³-hybridized carbons (Fsp3) is 0.333. The molecule has 0 radical (unpaired) electrons. The summed E-state index contributed by atoms with van der Waals surface area (Å²) in [4.78, 5) is 14.6. The molecule has 0 saturated carbocycles. The predicted octanol–water partition coefficient (Wildman–Crippen LogP) is 0.898. The number of likely N-dealkylation sites (N-methyl/N-ethyl adjacent to an activating group) is 1. The molecule has 0 atom stereocenters. The number of rotatable bonds is 5. The smallest absolute Gasteiger partial charge is 0.321 e. The van der Waals surface area contributed by atoms with Crippen molar-refractivity contribution in [3.8, 4) is 0 Å². The van der Waals surface area contributed by atoms with Gasteiger partial charge >= 0.3 is 5.91 Å². The lowest BCUT2D eigenvalue weighted by Crippen LogP contribution is -2.48. The molecule has 1 aromatic heterocycles. The predicted molar refractivity (Wildman–Crippen MR) is 101 cm³/mol. The van der Waals surface area contributed by atoms with Crippen LogP contribution in [-0.2, 0) is 10.0 Å². The molecule has 1 N–H and O–H groups in total. The van der Waals surface area contributed by atoms with Crippen LogP contribution in [0.25, 0.3) is 0 Å². The molecule has 27 heavy (non-hydrogen) atoms. The van der Waals surface area contributed by atoms with Crippen LogP contribution in [0.15, 0.2) is 53.6 Å². The largest absolute Gasteiger partial charge is 0.618 e. The van der Waals surface area contributed by atoms with Gasteiger partial charge in [0.15, 0.2) is 6.20 Å². The Balaban J connectivity index is 1.77. The molecule has 1 saturated heterocycles. The number of sulfonamides is 1. The zero-order valence-corrected chi connectivity index (χ0v) is 15.9. The molecule has 8 nitrogen and oxygen atoms in total. The average Bonchev–Trinajstić information content (AvgIpc) is 2.68. The number of aromatic nitrogens is 1. The molecule has 0 bridgehead atoms. The number of amides is 1. The van der Waals surface area contributed by atoms with Gasteiger partial charge in [0.2, 0.25) is 10.0 Å². The minimum Gasteiger partial charge on any atom is -0.618 e. The monoisotopic (exact) mass is 390 g/mol.